The molecule has 1 aromatic heterocycles. The molecule has 1 saturated heterocycles. The molecule has 1 N–H and O–H groups in total. The normalized spacial score (nSPS) is 18.5. The van der Waals surface area contributed by atoms with Gasteiger partial charge in [0.15, 0.2) is 0 Å². The maximum atomic E-state index is 12.1. The average Bonchev–Trinajstić information content (AvgIpc) is 2.46. The number of hydrogen-bond donors (Lipinski definition) is 1. The van der Waals surface area contributed by atoms with Crippen LogP contribution in [0.3, 0.4) is 0 Å². The molecular weight excluding hydrogens is 280 g/mol. The van der Waals surface area contributed by atoms with Crippen LogP contribution in [-0.2, 0) is 4.74 Å². The van der Waals surface area contributed by atoms with Crippen molar-refractivity contribution in [2.45, 2.75) is 45.3 Å². The van der Waals surface area contributed by atoms with Crippen molar-refractivity contribution in [2.24, 2.45) is 0 Å². The van der Waals surface area contributed by atoms with Crippen molar-refractivity contribution in [2.75, 3.05) is 18.4 Å². The molecule has 2 heterocycles. The Kier molecular flexibility index (Phi) is 4.86. The number of amides is 1. The van der Waals surface area contributed by atoms with Gasteiger partial charge in [-0.15, -0.1) is 0 Å². The first kappa shape index (κ1) is 16.1. The topological polar surface area (TPSA) is 78.2 Å². The maximum Gasteiger partial charge on any atom is 0.410 e. The second kappa shape index (κ2) is 6.65. The Morgan fingerprint density at radius 3 is 2.86 bits per heavy atom. The van der Waals surface area contributed by atoms with Gasteiger partial charge in [0.1, 0.15) is 17.4 Å². The van der Waals surface area contributed by atoms with Crippen molar-refractivity contribution in [3.05, 3.63) is 24.0 Å². The van der Waals surface area contributed by atoms with Gasteiger partial charge in [0.05, 0.1) is 11.9 Å². The summed E-state index contributed by atoms with van der Waals surface area (Å²) in [5.41, 5.74) is 0.772. The highest BCUT2D eigenvalue weighted by Gasteiger charge is 2.27. The van der Waals surface area contributed by atoms with E-state index >= 15 is 0 Å². The van der Waals surface area contributed by atoms with E-state index in [0.29, 0.717) is 12.2 Å². The highest BCUT2D eigenvalue weighted by atomic mass is 16.6. The molecule has 118 valence electrons. The van der Waals surface area contributed by atoms with Crippen LogP contribution in [0.5, 0.6) is 0 Å². The van der Waals surface area contributed by atoms with Crippen molar-refractivity contribution in [1.82, 2.24) is 9.88 Å². The van der Waals surface area contributed by atoms with Crippen LogP contribution in [0.25, 0.3) is 0 Å². The zero-order chi connectivity index (χ0) is 16.2. The number of hydrogen-bond acceptors (Lipinski definition) is 5. The van der Waals surface area contributed by atoms with Crippen LogP contribution >= 0.6 is 0 Å². The molecule has 0 unspecified atom stereocenters. The number of anilines is 1. The van der Waals surface area contributed by atoms with Gasteiger partial charge in [-0.25, -0.2) is 9.78 Å². The number of nitrogens with zero attached hydrogens (tertiary/aromatic N) is 3. The fourth-order valence-electron chi connectivity index (χ4n) is 2.37. The van der Waals surface area contributed by atoms with Crippen molar-refractivity contribution in [3.8, 4) is 6.07 Å². The first-order chi connectivity index (χ1) is 10.4. The number of rotatable bonds is 2. The molecule has 0 bridgehead atoms. The largest absolute Gasteiger partial charge is 0.444 e. The van der Waals surface area contributed by atoms with Gasteiger partial charge in [-0.3, -0.25) is 0 Å². The summed E-state index contributed by atoms with van der Waals surface area (Å²) in [7, 11) is 0. The molecule has 1 atom stereocenters. The van der Waals surface area contributed by atoms with Gasteiger partial charge in [-0.05, 0) is 45.7 Å². The molecule has 2 rings (SSSR count). The van der Waals surface area contributed by atoms with E-state index in [0.717, 1.165) is 25.1 Å². The van der Waals surface area contributed by atoms with Crippen LogP contribution in [0.15, 0.2) is 18.3 Å². The second-order valence-electron chi connectivity index (χ2n) is 6.45. The molecule has 1 fully saturated rings. The van der Waals surface area contributed by atoms with Crippen LogP contribution in [0.4, 0.5) is 10.5 Å². The Balaban J connectivity index is 1.92. The molecule has 6 heteroatoms. The van der Waals surface area contributed by atoms with Crippen LogP contribution in [0, 0.1) is 11.3 Å². The molecule has 1 amide bonds. The Labute approximate surface area is 131 Å². The van der Waals surface area contributed by atoms with Crippen LogP contribution in [0.1, 0.15) is 39.3 Å². The fourth-order valence-corrected chi connectivity index (χ4v) is 2.37. The minimum absolute atomic E-state index is 0.163. The summed E-state index contributed by atoms with van der Waals surface area (Å²) >= 11 is 0. The molecule has 0 spiro atoms. The second-order valence-corrected chi connectivity index (χ2v) is 6.45. The highest BCUT2D eigenvalue weighted by molar-refractivity contribution is 5.68. The maximum absolute atomic E-state index is 12.1. The summed E-state index contributed by atoms with van der Waals surface area (Å²) in [4.78, 5) is 17.9. The average molecular weight is 302 g/mol. The Morgan fingerprint density at radius 2 is 2.27 bits per heavy atom. The van der Waals surface area contributed by atoms with E-state index in [9.17, 15) is 4.79 Å². The molecule has 0 aliphatic carbocycles. The van der Waals surface area contributed by atoms with Crippen molar-refractivity contribution in [1.29, 1.82) is 5.26 Å². The van der Waals surface area contributed by atoms with E-state index in [1.54, 1.807) is 17.2 Å². The number of likely N-dealkylation sites (tertiary alicyclic amines) is 1. The van der Waals surface area contributed by atoms with Gasteiger partial charge in [0, 0.05) is 19.1 Å². The van der Waals surface area contributed by atoms with Gasteiger partial charge >= 0.3 is 6.09 Å². The summed E-state index contributed by atoms with van der Waals surface area (Å²) in [6.07, 6.45) is 3.29. The summed E-state index contributed by atoms with van der Waals surface area (Å²) in [6, 6.07) is 5.66. The van der Waals surface area contributed by atoms with Crippen molar-refractivity contribution < 1.29 is 9.53 Å². The van der Waals surface area contributed by atoms with Crippen LogP contribution < -0.4 is 5.32 Å². The monoisotopic (exact) mass is 302 g/mol. The van der Waals surface area contributed by atoms with E-state index in [1.165, 1.54) is 0 Å². The van der Waals surface area contributed by atoms with E-state index < -0.39 is 5.60 Å². The highest BCUT2D eigenvalue weighted by Crippen LogP contribution is 2.18. The lowest BCUT2D eigenvalue weighted by molar-refractivity contribution is 0.0206. The van der Waals surface area contributed by atoms with Gasteiger partial charge in [-0.2, -0.15) is 5.26 Å². The molecule has 1 aromatic rings. The standard InChI is InChI=1S/C16H22N4O2/c1-16(2,3)22-15(21)20-8-4-5-14(11-20)19-13-7-6-12(9-17)18-10-13/h6-7,10,14,19H,4-5,8,11H2,1-3H3/t14-/m1/s1. The predicted molar refractivity (Wildman–Crippen MR) is 83.4 cm³/mol. The first-order valence-electron chi connectivity index (χ1n) is 7.48. The number of carbonyl (C=O) groups is 1. The summed E-state index contributed by atoms with van der Waals surface area (Å²) < 4.78 is 5.42. The minimum atomic E-state index is -0.478. The third-order valence-electron chi connectivity index (χ3n) is 3.32. The SMILES string of the molecule is CC(C)(C)OC(=O)N1CCC[C@@H](Nc2ccc(C#N)nc2)C1. The first-order valence-corrected chi connectivity index (χ1v) is 7.48. The van der Waals surface area contributed by atoms with Gasteiger partial charge in [0.25, 0.3) is 0 Å². The van der Waals surface area contributed by atoms with Gasteiger partial charge in [-0.1, -0.05) is 0 Å². The number of carbonyl (C=O) groups excluding carboxylic acids is 1. The molecule has 0 radical (unpaired) electrons. The lowest BCUT2D eigenvalue weighted by atomic mass is 10.1. The van der Waals surface area contributed by atoms with Crippen molar-refractivity contribution >= 4 is 11.8 Å². The van der Waals surface area contributed by atoms with Crippen LogP contribution in [-0.4, -0.2) is 40.7 Å². The molecule has 1 aliphatic heterocycles. The third kappa shape index (κ3) is 4.62. The Hall–Kier alpha value is -2.29. The lowest BCUT2D eigenvalue weighted by Gasteiger charge is -2.34. The number of piperidine rings is 1. The molecule has 0 saturated carbocycles. The van der Waals surface area contributed by atoms with Gasteiger partial charge < -0.3 is 15.0 Å². The quantitative estimate of drug-likeness (QED) is 0.908. The van der Waals surface area contributed by atoms with E-state index in [2.05, 4.69) is 10.3 Å². The fraction of sp³-hybridized carbons (Fsp3) is 0.562. The van der Waals surface area contributed by atoms with Crippen molar-refractivity contribution in [3.63, 3.8) is 0 Å². The number of ether oxygens (including phenoxy) is 1. The minimum Gasteiger partial charge on any atom is -0.444 e. The van der Waals surface area contributed by atoms with E-state index in [-0.39, 0.29) is 12.1 Å². The molecule has 0 aromatic carbocycles. The molecule has 1 aliphatic rings. The summed E-state index contributed by atoms with van der Waals surface area (Å²) in [5, 5.41) is 12.1. The molecule has 6 nitrogen and oxygen atoms in total. The smallest absolute Gasteiger partial charge is 0.410 e. The van der Waals surface area contributed by atoms with Gasteiger partial charge in [0.2, 0.25) is 0 Å². The number of nitriles is 1. The number of nitrogens with one attached hydrogen (secondary N) is 1. The third-order valence-corrected chi connectivity index (χ3v) is 3.32. The van der Waals surface area contributed by atoms with E-state index in [4.69, 9.17) is 10.00 Å². The Morgan fingerprint density at radius 1 is 1.50 bits per heavy atom. The van der Waals surface area contributed by atoms with E-state index in [1.807, 2.05) is 32.9 Å². The summed E-state index contributed by atoms with van der Waals surface area (Å²) in [6.45, 7) is 6.93. The zero-order valence-electron chi connectivity index (χ0n) is 13.3. The Bertz CT molecular complexity index is 557. The number of aromatic nitrogens is 1. The summed E-state index contributed by atoms with van der Waals surface area (Å²) in [5.74, 6) is 0. The number of pyridine rings is 1. The molecular formula is C16H22N4O2. The molecule has 22 heavy (non-hydrogen) atoms. The lowest BCUT2D eigenvalue weighted by Crippen LogP contribution is -2.46. The predicted octanol–water partition coefficient (Wildman–Crippen LogP) is 2.76. The zero-order valence-corrected chi connectivity index (χ0v) is 13.3. The van der Waals surface area contributed by atoms with Crippen LogP contribution in [0.2, 0.25) is 0 Å².